The van der Waals surface area contributed by atoms with Crippen LogP contribution in [0.5, 0.6) is 5.75 Å². The molecule has 0 aromatic heterocycles. The molecule has 2 aromatic carbocycles. The summed E-state index contributed by atoms with van der Waals surface area (Å²) in [6.07, 6.45) is 0.969. The summed E-state index contributed by atoms with van der Waals surface area (Å²) in [4.78, 5) is 0. The molecule has 0 saturated carbocycles. The molecule has 21 heavy (non-hydrogen) atoms. The summed E-state index contributed by atoms with van der Waals surface area (Å²) >= 11 is 3.38. The molecule has 2 rings (SSSR count). The number of aryl methyl sites for hydroxylation is 1. The molecule has 4 heteroatoms. The SMILES string of the molecule is CCCOc1cc(C)ccc1NCc1ccc(F)cc1Br. The molecule has 0 saturated heterocycles. The number of nitrogens with one attached hydrogen (secondary N) is 1. The van der Waals surface area contributed by atoms with Crippen molar-refractivity contribution >= 4 is 21.6 Å². The first-order valence-electron chi connectivity index (χ1n) is 7.01. The zero-order chi connectivity index (χ0) is 15.2. The van der Waals surface area contributed by atoms with Gasteiger partial charge in [0, 0.05) is 11.0 Å². The van der Waals surface area contributed by atoms with E-state index in [-0.39, 0.29) is 5.82 Å². The predicted molar refractivity (Wildman–Crippen MR) is 88.4 cm³/mol. The Morgan fingerprint density at radius 2 is 2.00 bits per heavy atom. The molecule has 0 radical (unpaired) electrons. The summed E-state index contributed by atoms with van der Waals surface area (Å²) in [7, 11) is 0. The van der Waals surface area contributed by atoms with Crippen LogP contribution in [0.3, 0.4) is 0 Å². The third-order valence-electron chi connectivity index (χ3n) is 3.08. The van der Waals surface area contributed by atoms with Crippen molar-refractivity contribution in [3.05, 3.63) is 57.8 Å². The molecule has 1 N–H and O–H groups in total. The fraction of sp³-hybridized carbons (Fsp3) is 0.294. The maximum atomic E-state index is 13.1. The average Bonchev–Trinajstić information content (AvgIpc) is 2.45. The van der Waals surface area contributed by atoms with Crippen LogP contribution in [0.4, 0.5) is 10.1 Å². The van der Waals surface area contributed by atoms with Crippen molar-refractivity contribution < 1.29 is 9.13 Å². The smallest absolute Gasteiger partial charge is 0.142 e. The quantitative estimate of drug-likeness (QED) is 0.762. The highest BCUT2D eigenvalue weighted by Gasteiger charge is 2.06. The maximum Gasteiger partial charge on any atom is 0.142 e. The molecule has 0 unspecified atom stereocenters. The van der Waals surface area contributed by atoms with Crippen molar-refractivity contribution in [3.8, 4) is 5.75 Å². The van der Waals surface area contributed by atoms with Crippen molar-refractivity contribution in [3.63, 3.8) is 0 Å². The number of rotatable bonds is 6. The van der Waals surface area contributed by atoms with Gasteiger partial charge in [-0.2, -0.15) is 0 Å². The summed E-state index contributed by atoms with van der Waals surface area (Å²) in [5.74, 6) is 0.614. The molecule has 2 nitrogen and oxygen atoms in total. The molecule has 0 bridgehead atoms. The normalized spacial score (nSPS) is 10.5. The van der Waals surface area contributed by atoms with Gasteiger partial charge in [0.15, 0.2) is 0 Å². The Morgan fingerprint density at radius 3 is 2.71 bits per heavy atom. The van der Waals surface area contributed by atoms with Crippen LogP contribution in [0, 0.1) is 12.7 Å². The Labute approximate surface area is 133 Å². The van der Waals surface area contributed by atoms with Crippen LogP contribution >= 0.6 is 15.9 Å². The second kappa shape index (κ2) is 7.46. The lowest BCUT2D eigenvalue weighted by molar-refractivity contribution is 0.318. The molecule has 0 spiro atoms. The Hall–Kier alpha value is -1.55. The van der Waals surface area contributed by atoms with Gasteiger partial charge in [0.1, 0.15) is 11.6 Å². The van der Waals surface area contributed by atoms with E-state index in [1.807, 2.05) is 25.1 Å². The van der Waals surface area contributed by atoms with Crippen LogP contribution in [0.2, 0.25) is 0 Å². The largest absolute Gasteiger partial charge is 0.491 e. The van der Waals surface area contributed by atoms with E-state index in [2.05, 4.69) is 28.2 Å². The minimum absolute atomic E-state index is 0.243. The van der Waals surface area contributed by atoms with Gasteiger partial charge >= 0.3 is 0 Å². The third-order valence-corrected chi connectivity index (χ3v) is 3.82. The zero-order valence-electron chi connectivity index (χ0n) is 12.2. The molecule has 0 atom stereocenters. The second-order valence-electron chi connectivity index (χ2n) is 4.94. The number of hydrogen-bond acceptors (Lipinski definition) is 2. The Balaban J connectivity index is 2.11. The van der Waals surface area contributed by atoms with Gasteiger partial charge in [0.05, 0.1) is 12.3 Å². The lowest BCUT2D eigenvalue weighted by Gasteiger charge is -2.14. The highest BCUT2D eigenvalue weighted by atomic mass is 79.9. The number of anilines is 1. The molecule has 0 aliphatic carbocycles. The Bertz CT molecular complexity index is 616. The monoisotopic (exact) mass is 351 g/mol. The Kier molecular flexibility index (Phi) is 5.62. The van der Waals surface area contributed by atoms with Crippen molar-refractivity contribution in [2.45, 2.75) is 26.8 Å². The fourth-order valence-electron chi connectivity index (χ4n) is 1.96. The second-order valence-corrected chi connectivity index (χ2v) is 5.79. The van der Waals surface area contributed by atoms with Crippen LogP contribution in [0.15, 0.2) is 40.9 Å². The fourth-order valence-corrected chi connectivity index (χ4v) is 2.45. The lowest BCUT2D eigenvalue weighted by Crippen LogP contribution is -2.04. The number of hydrogen-bond donors (Lipinski definition) is 1. The maximum absolute atomic E-state index is 13.1. The van der Waals surface area contributed by atoms with Crippen molar-refractivity contribution in [2.75, 3.05) is 11.9 Å². The van der Waals surface area contributed by atoms with Crippen molar-refractivity contribution in [2.24, 2.45) is 0 Å². The molecule has 2 aromatic rings. The lowest BCUT2D eigenvalue weighted by atomic mass is 10.2. The van der Waals surface area contributed by atoms with Crippen molar-refractivity contribution in [1.29, 1.82) is 0 Å². The minimum Gasteiger partial charge on any atom is -0.491 e. The molecule has 112 valence electrons. The van der Waals surface area contributed by atoms with E-state index in [0.29, 0.717) is 13.2 Å². The summed E-state index contributed by atoms with van der Waals surface area (Å²) in [5, 5.41) is 3.35. The van der Waals surface area contributed by atoms with Gasteiger partial charge < -0.3 is 10.1 Å². The van der Waals surface area contributed by atoms with Gasteiger partial charge in [0.25, 0.3) is 0 Å². The minimum atomic E-state index is -0.243. The van der Waals surface area contributed by atoms with E-state index in [1.165, 1.54) is 12.1 Å². The van der Waals surface area contributed by atoms with Crippen LogP contribution in [0.25, 0.3) is 0 Å². The first-order chi connectivity index (χ1) is 10.1. The molecule has 0 heterocycles. The van der Waals surface area contributed by atoms with Gasteiger partial charge in [-0.25, -0.2) is 4.39 Å². The van der Waals surface area contributed by atoms with Crippen molar-refractivity contribution in [1.82, 2.24) is 0 Å². The Morgan fingerprint density at radius 1 is 1.19 bits per heavy atom. The van der Waals surface area contributed by atoms with Crippen LogP contribution < -0.4 is 10.1 Å². The van der Waals surface area contributed by atoms with Crippen LogP contribution in [-0.4, -0.2) is 6.61 Å². The summed E-state index contributed by atoms with van der Waals surface area (Å²) in [6.45, 7) is 5.42. The standard InChI is InChI=1S/C17H19BrFNO/c1-3-8-21-17-9-12(2)4-7-16(17)20-11-13-5-6-14(19)10-15(13)18/h4-7,9-10,20H,3,8,11H2,1-2H3. The molecular formula is C17H19BrFNO. The van der Waals surface area contributed by atoms with E-state index in [0.717, 1.165) is 33.5 Å². The van der Waals surface area contributed by atoms with Gasteiger partial charge in [0.2, 0.25) is 0 Å². The summed E-state index contributed by atoms with van der Waals surface area (Å²) < 4.78 is 19.6. The first kappa shape index (κ1) is 15.8. The number of ether oxygens (including phenoxy) is 1. The highest BCUT2D eigenvalue weighted by molar-refractivity contribution is 9.10. The number of halogens is 2. The van der Waals surface area contributed by atoms with Gasteiger partial charge in [-0.15, -0.1) is 0 Å². The molecule has 0 fully saturated rings. The van der Waals surface area contributed by atoms with Gasteiger partial charge in [-0.05, 0) is 48.7 Å². The third kappa shape index (κ3) is 4.46. The van der Waals surface area contributed by atoms with E-state index in [9.17, 15) is 4.39 Å². The molecule has 0 amide bonds. The van der Waals surface area contributed by atoms with Gasteiger partial charge in [-0.3, -0.25) is 0 Å². The summed E-state index contributed by atoms with van der Waals surface area (Å²) in [6, 6.07) is 10.8. The van der Waals surface area contributed by atoms with E-state index in [1.54, 1.807) is 6.07 Å². The molecule has 0 aliphatic heterocycles. The predicted octanol–water partition coefficient (Wildman–Crippen LogP) is 5.30. The van der Waals surface area contributed by atoms with Crippen LogP contribution in [0.1, 0.15) is 24.5 Å². The summed E-state index contributed by atoms with van der Waals surface area (Å²) in [5.41, 5.74) is 3.11. The molecule has 0 aliphatic rings. The first-order valence-corrected chi connectivity index (χ1v) is 7.80. The van der Waals surface area contributed by atoms with E-state index >= 15 is 0 Å². The zero-order valence-corrected chi connectivity index (χ0v) is 13.8. The highest BCUT2D eigenvalue weighted by Crippen LogP contribution is 2.27. The molecular weight excluding hydrogens is 333 g/mol. The average molecular weight is 352 g/mol. The topological polar surface area (TPSA) is 21.3 Å². The van der Waals surface area contributed by atoms with Gasteiger partial charge in [-0.1, -0.05) is 35.0 Å². The number of benzene rings is 2. The van der Waals surface area contributed by atoms with E-state index < -0.39 is 0 Å². The van der Waals surface area contributed by atoms with E-state index in [4.69, 9.17) is 4.74 Å². The van der Waals surface area contributed by atoms with Crippen LogP contribution in [-0.2, 0) is 6.54 Å².